The molecule has 0 aliphatic carbocycles. The summed E-state index contributed by atoms with van der Waals surface area (Å²) >= 11 is 5.20. The maximum atomic E-state index is 2.24. The summed E-state index contributed by atoms with van der Waals surface area (Å²) in [5.74, 6) is 0. The molecule has 0 aromatic carbocycles. The number of hydrogen-bond donors (Lipinski definition) is 0. The SMILES string of the molecule is C[S+]1/C=C\S/C=C\S/C=C\[S+](C)/C=C\S/C=C\1. The quantitative estimate of drug-likeness (QED) is 0.573. The molecule has 0 spiro atoms. The molecule has 0 bridgehead atoms. The van der Waals surface area contributed by atoms with Crippen molar-refractivity contribution < 1.29 is 0 Å². The van der Waals surface area contributed by atoms with Crippen LogP contribution in [0.4, 0.5) is 0 Å². The molecule has 0 saturated heterocycles. The predicted octanol–water partition coefficient (Wildman–Crippen LogP) is 5.05. The van der Waals surface area contributed by atoms with Crippen LogP contribution in [-0.2, 0) is 21.8 Å². The predicted molar refractivity (Wildman–Crippen MR) is 95.1 cm³/mol. The molecule has 2 unspecified atom stereocenters. The Morgan fingerprint density at radius 1 is 0.529 bits per heavy atom. The van der Waals surface area contributed by atoms with Crippen molar-refractivity contribution in [2.24, 2.45) is 0 Å². The van der Waals surface area contributed by atoms with Crippen LogP contribution in [0.5, 0.6) is 0 Å². The Balaban J connectivity index is 2.60. The minimum absolute atomic E-state index is 0.235. The van der Waals surface area contributed by atoms with E-state index in [0.29, 0.717) is 0 Å². The van der Waals surface area contributed by atoms with Crippen molar-refractivity contribution >= 4 is 57.1 Å². The van der Waals surface area contributed by atoms with Crippen LogP contribution in [0.2, 0.25) is 0 Å². The molecule has 0 amide bonds. The van der Waals surface area contributed by atoms with Crippen molar-refractivity contribution in [1.82, 2.24) is 0 Å². The molecule has 0 aromatic rings. The zero-order valence-electron chi connectivity index (χ0n) is 9.81. The van der Waals surface area contributed by atoms with Gasteiger partial charge in [-0.2, -0.15) is 0 Å². The molecule has 1 aliphatic heterocycles. The molecule has 17 heavy (non-hydrogen) atoms. The van der Waals surface area contributed by atoms with Crippen LogP contribution in [0.3, 0.4) is 0 Å². The van der Waals surface area contributed by atoms with Gasteiger partial charge in [-0.3, -0.25) is 0 Å². The van der Waals surface area contributed by atoms with Crippen LogP contribution in [0.1, 0.15) is 0 Å². The fourth-order valence-corrected chi connectivity index (χ4v) is 5.57. The summed E-state index contributed by atoms with van der Waals surface area (Å²) in [7, 11) is 0.471. The molecule has 0 N–H and O–H groups in total. The second-order valence-electron chi connectivity index (χ2n) is 2.98. The lowest BCUT2D eigenvalue weighted by Crippen LogP contribution is -1.84. The Hall–Kier alpha value is 0.450. The van der Waals surface area contributed by atoms with E-state index >= 15 is 0 Å². The van der Waals surface area contributed by atoms with Crippen LogP contribution in [0.15, 0.2) is 54.1 Å². The molecule has 92 valence electrons. The fraction of sp³-hybridized carbons (Fsp3) is 0.167. The highest BCUT2D eigenvalue weighted by Gasteiger charge is 2.01. The van der Waals surface area contributed by atoms with E-state index in [1.165, 1.54) is 0 Å². The van der Waals surface area contributed by atoms with E-state index in [0.717, 1.165) is 0 Å². The molecule has 2 atom stereocenters. The van der Waals surface area contributed by atoms with E-state index in [1.807, 2.05) is 0 Å². The van der Waals surface area contributed by atoms with E-state index < -0.39 is 0 Å². The maximum Gasteiger partial charge on any atom is 0.130 e. The van der Waals surface area contributed by atoms with Gasteiger partial charge in [0.15, 0.2) is 0 Å². The molecule has 1 rings (SSSR count). The van der Waals surface area contributed by atoms with Gasteiger partial charge in [-0.25, -0.2) is 0 Å². The smallest absolute Gasteiger partial charge is 0.101 e. The van der Waals surface area contributed by atoms with Gasteiger partial charge in [0.05, 0.1) is 0 Å². The number of thioether (sulfide) groups is 3. The highest BCUT2D eigenvalue weighted by atomic mass is 32.2. The molecule has 0 saturated carbocycles. The van der Waals surface area contributed by atoms with Crippen LogP contribution in [0.25, 0.3) is 0 Å². The summed E-state index contributed by atoms with van der Waals surface area (Å²) in [6.07, 6.45) is 4.45. The molecule has 0 fully saturated rings. The Morgan fingerprint density at radius 2 is 0.824 bits per heavy atom. The second-order valence-corrected chi connectivity index (χ2v) is 8.95. The summed E-state index contributed by atoms with van der Waals surface area (Å²) in [5.41, 5.74) is 0. The molecular weight excluding hydrogens is 304 g/mol. The van der Waals surface area contributed by atoms with E-state index in [2.05, 4.69) is 66.6 Å². The normalized spacial score (nSPS) is 36.1. The highest BCUT2D eigenvalue weighted by molar-refractivity contribution is 8.10. The van der Waals surface area contributed by atoms with Crippen molar-refractivity contribution in [2.45, 2.75) is 0 Å². The van der Waals surface area contributed by atoms with Gasteiger partial charge in [0, 0.05) is 43.4 Å². The minimum atomic E-state index is 0.235. The average molecular weight is 321 g/mol. The standard InChI is InChI=1S/C12H16S5/c1-16-9-5-13-3-4-14-6-10-17(2)12-8-15-7-11-16/h3-12H,1-2H3/q+2/b4-3-,9-5-,10-6-,11-7-,12-8-. The molecule has 0 nitrogen and oxygen atoms in total. The summed E-state index contributed by atoms with van der Waals surface area (Å²) < 4.78 is 0. The van der Waals surface area contributed by atoms with Gasteiger partial charge in [-0.05, 0) is 10.8 Å². The van der Waals surface area contributed by atoms with Gasteiger partial charge < -0.3 is 0 Å². The van der Waals surface area contributed by atoms with Gasteiger partial charge >= 0.3 is 0 Å². The monoisotopic (exact) mass is 320 g/mol. The third kappa shape index (κ3) is 9.08. The number of rotatable bonds is 0. The zero-order chi connectivity index (χ0) is 12.3. The van der Waals surface area contributed by atoms with Gasteiger partial charge in [0.1, 0.15) is 34.1 Å². The molecule has 0 radical (unpaired) electrons. The van der Waals surface area contributed by atoms with Gasteiger partial charge in [0.25, 0.3) is 0 Å². The Labute approximate surface area is 123 Å². The first-order chi connectivity index (χ1) is 8.29. The molecule has 1 heterocycles. The Bertz CT molecular complexity index is 309. The van der Waals surface area contributed by atoms with Crippen LogP contribution in [-0.4, -0.2) is 12.5 Å². The third-order valence-corrected chi connectivity index (χ3v) is 6.49. The topological polar surface area (TPSA) is 0 Å². The first-order valence-electron chi connectivity index (χ1n) is 4.84. The van der Waals surface area contributed by atoms with Crippen LogP contribution in [0, 0.1) is 0 Å². The van der Waals surface area contributed by atoms with Gasteiger partial charge in [-0.1, -0.05) is 11.8 Å². The summed E-state index contributed by atoms with van der Waals surface area (Å²) in [6.45, 7) is 0. The van der Waals surface area contributed by atoms with Crippen molar-refractivity contribution in [1.29, 1.82) is 0 Å². The molecular formula is C12H16S5+2. The van der Waals surface area contributed by atoms with Crippen molar-refractivity contribution in [3.8, 4) is 0 Å². The first-order valence-corrected chi connectivity index (χ1v) is 11.2. The van der Waals surface area contributed by atoms with Gasteiger partial charge in [-0.15, -0.1) is 23.5 Å². The number of hydrogen-bond acceptors (Lipinski definition) is 3. The Kier molecular flexibility index (Phi) is 9.47. The van der Waals surface area contributed by atoms with Crippen molar-refractivity contribution in [3.63, 3.8) is 0 Å². The fourth-order valence-electron chi connectivity index (χ4n) is 0.770. The summed E-state index contributed by atoms with van der Waals surface area (Å²) in [6, 6.07) is 0. The lowest BCUT2D eigenvalue weighted by Gasteiger charge is -1.86. The molecule has 0 aromatic heterocycles. The third-order valence-electron chi connectivity index (χ3n) is 1.61. The lowest BCUT2D eigenvalue weighted by molar-refractivity contribution is 2.29. The average Bonchev–Trinajstić information content (AvgIpc) is 2.31. The van der Waals surface area contributed by atoms with Crippen LogP contribution < -0.4 is 0 Å². The molecule has 1 aliphatic rings. The highest BCUT2D eigenvalue weighted by Crippen LogP contribution is 2.15. The lowest BCUT2D eigenvalue weighted by atomic mass is 11.2. The Morgan fingerprint density at radius 3 is 1.18 bits per heavy atom. The van der Waals surface area contributed by atoms with Gasteiger partial charge in [0.2, 0.25) is 0 Å². The minimum Gasteiger partial charge on any atom is -0.101 e. The second kappa shape index (κ2) is 10.4. The summed E-state index contributed by atoms with van der Waals surface area (Å²) in [5, 5.41) is 21.8. The summed E-state index contributed by atoms with van der Waals surface area (Å²) in [4.78, 5) is 0. The van der Waals surface area contributed by atoms with E-state index in [1.54, 1.807) is 35.3 Å². The first kappa shape index (κ1) is 15.5. The van der Waals surface area contributed by atoms with Crippen LogP contribution >= 0.6 is 35.3 Å². The van der Waals surface area contributed by atoms with E-state index in [4.69, 9.17) is 0 Å². The largest absolute Gasteiger partial charge is 0.130 e. The van der Waals surface area contributed by atoms with E-state index in [-0.39, 0.29) is 21.8 Å². The maximum absolute atomic E-state index is 2.24. The van der Waals surface area contributed by atoms with Crippen molar-refractivity contribution in [2.75, 3.05) is 12.5 Å². The zero-order valence-corrected chi connectivity index (χ0v) is 13.9. The molecule has 5 heteroatoms. The van der Waals surface area contributed by atoms with Crippen molar-refractivity contribution in [3.05, 3.63) is 54.1 Å². The van der Waals surface area contributed by atoms with E-state index in [9.17, 15) is 0 Å².